The quantitative estimate of drug-likeness (QED) is 0.842. The fourth-order valence-electron chi connectivity index (χ4n) is 1.76. The van der Waals surface area contributed by atoms with E-state index in [9.17, 15) is 4.79 Å². The third kappa shape index (κ3) is 4.02. The number of carbonyl (C=O) groups is 1. The second-order valence-electron chi connectivity index (χ2n) is 4.71. The molecule has 4 heteroatoms. The largest absolute Gasteiger partial charge is 0.469 e. The molecular formula is C13H18ClNO2. The normalized spacial score (nSPS) is 13.2. The number of esters is 1. The Kier molecular flexibility index (Phi) is 4.54. The lowest BCUT2D eigenvalue weighted by Gasteiger charge is -2.30. The molecule has 0 aliphatic carbocycles. The summed E-state index contributed by atoms with van der Waals surface area (Å²) in [6.45, 7) is 3.80. The molecule has 94 valence electrons. The topological polar surface area (TPSA) is 52.3 Å². The van der Waals surface area contributed by atoms with Gasteiger partial charge in [-0.15, -0.1) is 0 Å². The molecule has 1 atom stereocenters. The van der Waals surface area contributed by atoms with E-state index in [1.54, 1.807) is 12.1 Å². The summed E-state index contributed by atoms with van der Waals surface area (Å²) in [4.78, 5) is 11.4. The van der Waals surface area contributed by atoms with Crippen LogP contribution in [0.1, 0.15) is 31.7 Å². The molecule has 1 unspecified atom stereocenters. The van der Waals surface area contributed by atoms with Crippen LogP contribution in [0.25, 0.3) is 0 Å². The van der Waals surface area contributed by atoms with Crippen molar-refractivity contribution >= 4 is 17.6 Å². The van der Waals surface area contributed by atoms with Crippen LogP contribution in [0.2, 0.25) is 5.02 Å². The highest BCUT2D eigenvalue weighted by molar-refractivity contribution is 6.30. The van der Waals surface area contributed by atoms with Crippen molar-refractivity contribution in [3.05, 3.63) is 34.9 Å². The zero-order valence-electron chi connectivity index (χ0n) is 10.4. The SMILES string of the molecule is COC(=O)CC(c1ccc(Cl)cc1)C(C)(C)N. The first-order chi connectivity index (χ1) is 7.84. The van der Waals surface area contributed by atoms with Gasteiger partial charge in [0.2, 0.25) is 0 Å². The van der Waals surface area contributed by atoms with Crippen LogP contribution in [0, 0.1) is 0 Å². The van der Waals surface area contributed by atoms with Gasteiger partial charge < -0.3 is 10.5 Å². The minimum absolute atomic E-state index is 0.0905. The molecule has 1 aromatic rings. The van der Waals surface area contributed by atoms with Crippen LogP contribution >= 0.6 is 11.6 Å². The Bertz CT molecular complexity index is 381. The van der Waals surface area contributed by atoms with Crippen LogP contribution in [0.3, 0.4) is 0 Å². The third-order valence-corrected chi connectivity index (χ3v) is 3.02. The van der Waals surface area contributed by atoms with E-state index in [0.29, 0.717) is 5.02 Å². The van der Waals surface area contributed by atoms with Crippen LogP contribution in [0.4, 0.5) is 0 Å². The van der Waals surface area contributed by atoms with Crippen molar-refractivity contribution in [3.8, 4) is 0 Å². The molecular weight excluding hydrogens is 238 g/mol. The average molecular weight is 256 g/mol. The number of methoxy groups -OCH3 is 1. The standard InChI is InChI=1S/C13H18ClNO2/c1-13(2,15)11(8-12(16)17-3)9-4-6-10(14)7-5-9/h4-7,11H,8,15H2,1-3H3. The van der Waals surface area contributed by atoms with E-state index in [0.717, 1.165) is 5.56 Å². The van der Waals surface area contributed by atoms with Gasteiger partial charge in [0.25, 0.3) is 0 Å². The molecule has 1 rings (SSSR count). The Morgan fingerprint density at radius 1 is 1.41 bits per heavy atom. The summed E-state index contributed by atoms with van der Waals surface area (Å²) in [6, 6.07) is 7.38. The monoisotopic (exact) mass is 255 g/mol. The zero-order chi connectivity index (χ0) is 13.1. The first-order valence-electron chi connectivity index (χ1n) is 5.45. The molecule has 17 heavy (non-hydrogen) atoms. The zero-order valence-corrected chi connectivity index (χ0v) is 11.1. The van der Waals surface area contributed by atoms with Gasteiger partial charge >= 0.3 is 5.97 Å². The van der Waals surface area contributed by atoms with Crippen LogP contribution in [0.5, 0.6) is 0 Å². The summed E-state index contributed by atoms with van der Waals surface area (Å²) in [5.74, 6) is -0.351. The van der Waals surface area contributed by atoms with Gasteiger partial charge in [0.15, 0.2) is 0 Å². The Balaban J connectivity index is 2.98. The van der Waals surface area contributed by atoms with Crippen molar-refractivity contribution in [1.82, 2.24) is 0 Å². The van der Waals surface area contributed by atoms with E-state index < -0.39 is 5.54 Å². The third-order valence-electron chi connectivity index (χ3n) is 2.77. The second-order valence-corrected chi connectivity index (χ2v) is 5.14. The van der Waals surface area contributed by atoms with Crippen LogP contribution in [-0.2, 0) is 9.53 Å². The van der Waals surface area contributed by atoms with E-state index in [1.165, 1.54) is 7.11 Å². The van der Waals surface area contributed by atoms with Gasteiger partial charge in [0, 0.05) is 16.5 Å². The van der Waals surface area contributed by atoms with Gasteiger partial charge in [-0.1, -0.05) is 23.7 Å². The molecule has 0 aliphatic rings. The van der Waals surface area contributed by atoms with E-state index in [2.05, 4.69) is 0 Å². The first kappa shape index (κ1) is 14.0. The summed E-state index contributed by atoms with van der Waals surface area (Å²) >= 11 is 5.84. The number of hydrogen-bond acceptors (Lipinski definition) is 3. The maximum Gasteiger partial charge on any atom is 0.306 e. The van der Waals surface area contributed by atoms with Crippen LogP contribution in [-0.4, -0.2) is 18.6 Å². The number of carbonyl (C=O) groups excluding carboxylic acids is 1. The molecule has 0 saturated carbocycles. The van der Waals surface area contributed by atoms with Gasteiger partial charge in [-0.05, 0) is 31.5 Å². The van der Waals surface area contributed by atoms with Crippen molar-refractivity contribution in [2.45, 2.75) is 31.7 Å². The van der Waals surface area contributed by atoms with Gasteiger partial charge in [-0.25, -0.2) is 0 Å². The number of halogens is 1. The van der Waals surface area contributed by atoms with Gasteiger partial charge in [0.1, 0.15) is 0 Å². The van der Waals surface area contributed by atoms with Crippen molar-refractivity contribution in [1.29, 1.82) is 0 Å². The van der Waals surface area contributed by atoms with Crippen LogP contribution in [0.15, 0.2) is 24.3 Å². The van der Waals surface area contributed by atoms with Crippen LogP contribution < -0.4 is 5.73 Å². The van der Waals surface area contributed by atoms with Crippen molar-refractivity contribution in [3.63, 3.8) is 0 Å². The number of nitrogens with two attached hydrogens (primary N) is 1. The van der Waals surface area contributed by atoms with Crippen molar-refractivity contribution < 1.29 is 9.53 Å². The number of rotatable bonds is 4. The van der Waals surface area contributed by atoms with E-state index in [4.69, 9.17) is 22.1 Å². The number of hydrogen-bond donors (Lipinski definition) is 1. The molecule has 0 aromatic heterocycles. The minimum Gasteiger partial charge on any atom is -0.469 e. The molecule has 0 amide bonds. The fraction of sp³-hybridized carbons (Fsp3) is 0.462. The summed E-state index contributed by atoms with van der Waals surface area (Å²) in [7, 11) is 1.38. The molecule has 0 aliphatic heterocycles. The maximum absolute atomic E-state index is 11.4. The Hall–Kier alpha value is -1.06. The molecule has 0 bridgehead atoms. The van der Waals surface area contributed by atoms with Crippen molar-refractivity contribution in [2.24, 2.45) is 5.73 Å². The lowest BCUT2D eigenvalue weighted by Crippen LogP contribution is -2.40. The van der Waals surface area contributed by atoms with E-state index in [-0.39, 0.29) is 18.3 Å². The second kappa shape index (κ2) is 5.52. The summed E-state index contributed by atoms with van der Waals surface area (Å²) in [5.41, 5.74) is 6.61. The van der Waals surface area contributed by atoms with Gasteiger partial charge in [-0.2, -0.15) is 0 Å². The molecule has 0 spiro atoms. The molecule has 1 aromatic carbocycles. The predicted octanol–water partition coefficient (Wildman–Crippen LogP) is 2.72. The highest BCUT2D eigenvalue weighted by Gasteiger charge is 2.29. The highest BCUT2D eigenvalue weighted by Crippen LogP contribution is 2.30. The number of ether oxygens (including phenoxy) is 1. The van der Waals surface area contributed by atoms with Gasteiger partial charge in [-0.3, -0.25) is 4.79 Å². The lowest BCUT2D eigenvalue weighted by molar-refractivity contribution is -0.141. The summed E-state index contributed by atoms with van der Waals surface area (Å²) < 4.78 is 4.70. The molecule has 0 fully saturated rings. The summed E-state index contributed by atoms with van der Waals surface area (Å²) in [6.07, 6.45) is 0.266. The summed E-state index contributed by atoms with van der Waals surface area (Å²) in [5, 5.41) is 0.667. The van der Waals surface area contributed by atoms with Gasteiger partial charge in [0.05, 0.1) is 13.5 Å². The van der Waals surface area contributed by atoms with E-state index in [1.807, 2.05) is 26.0 Å². The molecule has 0 saturated heterocycles. The number of benzene rings is 1. The molecule has 3 nitrogen and oxygen atoms in total. The average Bonchev–Trinajstić information content (AvgIpc) is 2.25. The minimum atomic E-state index is -0.498. The Morgan fingerprint density at radius 2 is 1.94 bits per heavy atom. The fourth-order valence-corrected chi connectivity index (χ4v) is 1.88. The highest BCUT2D eigenvalue weighted by atomic mass is 35.5. The molecule has 0 heterocycles. The maximum atomic E-state index is 11.4. The Morgan fingerprint density at radius 3 is 2.35 bits per heavy atom. The van der Waals surface area contributed by atoms with E-state index >= 15 is 0 Å². The molecule has 2 N–H and O–H groups in total. The van der Waals surface area contributed by atoms with Crippen molar-refractivity contribution in [2.75, 3.05) is 7.11 Å². The Labute approximate surface area is 107 Å². The molecule has 0 radical (unpaired) electrons. The predicted molar refractivity (Wildman–Crippen MR) is 69.1 cm³/mol. The first-order valence-corrected chi connectivity index (χ1v) is 5.83. The smallest absolute Gasteiger partial charge is 0.306 e. The lowest BCUT2D eigenvalue weighted by atomic mass is 9.80.